The van der Waals surface area contributed by atoms with Crippen LogP contribution in [-0.4, -0.2) is 23.9 Å². The van der Waals surface area contributed by atoms with Crippen molar-refractivity contribution in [3.63, 3.8) is 0 Å². The summed E-state index contributed by atoms with van der Waals surface area (Å²) in [6.45, 7) is 3.54. The molecule has 1 unspecified atom stereocenters. The maximum atomic E-state index is 13.4. The molecule has 1 aliphatic rings. The third-order valence-corrected chi connectivity index (χ3v) is 6.79. The molecule has 0 bridgehead atoms. The molecule has 0 saturated carbocycles. The Morgan fingerprint density at radius 2 is 1.79 bits per heavy atom. The Kier molecular flexibility index (Phi) is 5.99. The molecular formula is C25H20F3NO4S. The molecule has 1 aliphatic heterocycles. The molecule has 5 nitrogen and oxygen atoms in total. The van der Waals surface area contributed by atoms with Crippen molar-refractivity contribution in [1.82, 2.24) is 0 Å². The minimum Gasteiger partial charge on any atom is -0.507 e. The summed E-state index contributed by atoms with van der Waals surface area (Å²) < 4.78 is 45.3. The predicted molar refractivity (Wildman–Crippen MR) is 123 cm³/mol. The summed E-state index contributed by atoms with van der Waals surface area (Å²) in [7, 11) is 1.50. The normalized spacial score (nSPS) is 17.9. The zero-order chi connectivity index (χ0) is 24.8. The van der Waals surface area contributed by atoms with Crippen molar-refractivity contribution >= 4 is 34.5 Å². The lowest BCUT2D eigenvalue weighted by Gasteiger charge is -2.25. The van der Waals surface area contributed by atoms with Crippen molar-refractivity contribution in [2.24, 2.45) is 0 Å². The van der Waals surface area contributed by atoms with Crippen LogP contribution in [0.5, 0.6) is 5.75 Å². The Morgan fingerprint density at radius 3 is 2.38 bits per heavy atom. The molecule has 3 aromatic rings. The first-order valence-corrected chi connectivity index (χ1v) is 11.1. The van der Waals surface area contributed by atoms with Crippen molar-refractivity contribution in [3.8, 4) is 5.75 Å². The Hall–Kier alpha value is -3.59. The number of halogens is 3. The second kappa shape index (κ2) is 8.64. The molecule has 34 heavy (non-hydrogen) atoms. The minimum atomic E-state index is -4.63. The fourth-order valence-corrected chi connectivity index (χ4v) is 5.05. The van der Waals surface area contributed by atoms with E-state index in [1.807, 2.05) is 0 Å². The average molecular weight is 487 g/mol. The molecule has 1 atom stereocenters. The number of alkyl halides is 3. The fraction of sp³-hybridized carbons (Fsp3) is 0.200. The summed E-state index contributed by atoms with van der Waals surface area (Å²) in [6, 6.07) is 9.75. The average Bonchev–Trinajstić information content (AvgIpc) is 3.33. The van der Waals surface area contributed by atoms with Crippen LogP contribution >= 0.6 is 11.3 Å². The van der Waals surface area contributed by atoms with Gasteiger partial charge in [-0.2, -0.15) is 13.2 Å². The zero-order valence-corrected chi connectivity index (χ0v) is 19.3. The number of ketones is 1. The Bertz CT molecular complexity index is 1330. The van der Waals surface area contributed by atoms with Crippen LogP contribution in [0, 0.1) is 13.8 Å². The molecule has 1 saturated heterocycles. The van der Waals surface area contributed by atoms with Gasteiger partial charge in [0.2, 0.25) is 0 Å². The smallest absolute Gasteiger partial charge is 0.416 e. The van der Waals surface area contributed by atoms with Gasteiger partial charge < -0.3 is 9.84 Å². The van der Waals surface area contributed by atoms with E-state index in [0.717, 1.165) is 22.6 Å². The number of thiophene rings is 1. The molecule has 176 valence electrons. The second-order valence-electron chi connectivity index (χ2n) is 7.87. The van der Waals surface area contributed by atoms with Crippen LogP contribution in [0.2, 0.25) is 0 Å². The number of Topliss-reactive ketones (excluding diaryl/α,β-unsaturated/α-hetero) is 1. The van der Waals surface area contributed by atoms with Gasteiger partial charge in [-0.1, -0.05) is 6.07 Å². The van der Waals surface area contributed by atoms with Crippen molar-refractivity contribution in [2.75, 3.05) is 12.0 Å². The highest BCUT2D eigenvalue weighted by Crippen LogP contribution is 2.45. The number of aliphatic hydroxyl groups excluding tert-OH is 1. The molecule has 1 N–H and O–H groups in total. The number of carbonyl (C=O) groups is 2. The largest absolute Gasteiger partial charge is 0.507 e. The van der Waals surface area contributed by atoms with E-state index < -0.39 is 35.2 Å². The SMILES string of the molecule is COc1ccc(/C(O)=C2/C(=O)C(=O)N(c3cccc(C(F)(F)F)c3)C2c2sccc2C)cc1C. The number of anilines is 1. The highest BCUT2D eigenvalue weighted by molar-refractivity contribution is 7.10. The van der Waals surface area contributed by atoms with Crippen LogP contribution in [0.15, 0.2) is 59.5 Å². The maximum Gasteiger partial charge on any atom is 0.416 e. The summed E-state index contributed by atoms with van der Waals surface area (Å²) in [6.07, 6.45) is -4.63. The Balaban J connectivity index is 1.94. The molecule has 0 aliphatic carbocycles. The number of rotatable bonds is 4. The molecule has 1 fully saturated rings. The van der Waals surface area contributed by atoms with Gasteiger partial charge in [-0.05, 0) is 72.8 Å². The van der Waals surface area contributed by atoms with E-state index >= 15 is 0 Å². The van der Waals surface area contributed by atoms with E-state index in [-0.39, 0.29) is 11.3 Å². The number of methoxy groups -OCH3 is 1. The second-order valence-corrected chi connectivity index (χ2v) is 8.82. The fourth-order valence-electron chi connectivity index (χ4n) is 4.02. The highest BCUT2D eigenvalue weighted by Gasteiger charge is 2.48. The van der Waals surface area contributed by atoms with E-state index in [1.165, 1.54) is 30.6 Å². The standard InChI is InChI=1S/C25H20F3NO4S/c1-13-9-10-34-23(13)20-19(21(30)15-7-8-18(33-3)14(2)11-15)22(31)24(32)29(20)17-6-4-5-16(12-17)25(26,27)28/h4-12,20,30H,1-3H3/b21-19-. The molecular weight excluding hydrogens is 467 g/mol. The predicted octanol–water partition coefficient (Wildman–Crippen LogP) is 6.02. The van der Waals surface area contributed by atoms with Gasteiger partial charge in [-0.3, -0.25) is 14.5 Å². The van der Waals surface area contributed by atoms with Gasteiger partial charge in [0, 0.05) is 16.1 Å². The number of hydrogen-bond donors (Lipinski definition) is 1. The van der Waals surface area contributed by atoms with Crippen LogP contribution < -0.4 is 9.64 Å². The number of benzene rings is 2. The molecule has 9 heteroatoms. The molecule has 0 spiro atoms. The third kappa shape index (κ3) is 3.96. The van der Waals surface area contributed by atoms with Gasteiger partial charge >= 0.3 is 6.18 Å². The van der Waals surface area contributed by atoms with Crippen LogP contribution in [-0.2, 0) is 15.8 Å². The Labute approximate surface area is 197 Å². The van der Waals surface area contributed by atoms with E-state index in [2.05, 4.69) is 0 Å². The van der Waals surface area contributed by atoms with Gasteiger partial charge in [0.15, 0.2) is 0 Å². The van der Waals surface area contributed by atoms with Crippen LogP contribution in [0.25, 0.3) is 5.76 Å². The molecule has 4 rings (SSSR count). The van der Waals surface area contributed by atoms with E-state index in [4.69, 9.17) is 4.74 Å². The number of ether oxygens (including phenoxy) is 1. The number of nitrogens with zero attached hydrogens (tertiary/aromatic N) is 1. The van der Waals surface area contributed by atoms with Crippen LogP contribution in [0.1, 0.15) is 33.2 Å². The lowest BCUT2D eigenvalue weighted by atomic mass is 9.97. The maximum absolute atomic E-state index is 13.4. The van der Waals surface area contributed by atoms with Gasteiger partial charge in [-0.15, -0.1) is 11.3 Å². The number of aryl methyl sites for hydroxylation is 2. The summed E-state index contributed by atoms with van der Waals surface area (Å²) in [5, 5.41) is 12.9. The van der Waals surface area contributed by atoms with Gasteiger partial charge in [0.1, 0.15) is 17.6 Å². The topological polar surface area (TPSA) is 66.8 Å². The highest BCUT2D eigenvalue weighted by atomic mass is 32.1. The van der Waals surface area contributed by atoms with Crippen molar-refractivity contribution in [3.05, 3.63) is 86.6 Å². The van der Waals surface area contributed by atoms with Crippen LogP contribution in [0.3, 0.4) is 0 Å². The summed E-state index contributed by atoms with van der Waals surface area (Å²) in [5.74, 6) is -1.81. The van der Waals surface area contributed by atoms with Crippen molar-refractivity contribution < 1.29 is 32.6 Å². The Morgan fingerprint density at radius 1 is 1.06 bits per heavy atom. The minimum absolute atomic E-state index is 0.0836. The molecule has 1 amide bonds. The number of carbonyl (C=O) groups excluding carboxylic acids is 2. The molecule has 0 radical (unpaired) electrons. The number of aliphatic hydroxyl groups is 1. The van der Waals surface area contributed by atoms with Crippen molar-refractivity contribution in [1.29, 1.82) is 0 Å². The first-order chi connectivity index (χ1) is 16.0. The van der Waals surface area contributed by atoms with Crippen LogP contribution in [0.4, 0.5) is 18.9 Å². The lowest BCUT2D eigenvalue weighted by Crippen LogP contribution is -2.29. The number of amides is 1. The van der Waals surface area contributed by atoms with E-state index in [0.29, 0.717) is 21.8 Å². The first kappa shape index (κ1) is 23.6. The molecule has 2 heterocycles. The molecule has 1 aromatic heterocycles. The first-order valence-electron chi connectivity index (χ1n) is 10.2. The van der Waals surface area contributed by atoms with Gasteiger partial charge in [0.25, 0.3) is 11.7 Å². The van der Waals surface area contributed by atoms with Crippen molar-refractivity contribution in [2.45, 2.75) is 26.1 Å². The summed E-state index contributed by atoms with van der Waals surface area (Å²) >= 11 is 1.25. The lowest BCUT2D eigenvalue weighted by molar-refractivity contribution is -0.137. The zero-order valence-electron chi connectivity index (χ0n) is 18.4. The van der Waals surface area contributed by atoms with E-state index in [9.17, 15) is 27.9 Å². The van der Waals surface area contributed by atoms with Gasteiger partial charge in [0.05, 0.1) is 18.2 Å². The molecule has 2 aromatic carbocycles. The quantitative estimate of drug-likeness (QED) is 0.278. The summed E-state index contributed by atoms with van der Waals surface area (Å²) in [4.78, 5) is 27.9. The monoisotopic (exact) mass is 487 g/mol. The third-order valence-electron chi connectivity index (χ3n) is 5.71. The van der Waals surface area contributed by atoms with Gasteiger partial charge in [-0.25, -0.2) is 0 Å². The number of hydrogen-bond acceptors (Lipinski definition) is 5. The van der Waals surface area contributed by atoms with E-state index in [1.54, 1.807) is 43.5 Å². The summed E-state index contributed by atoms with van der Waals surface area (Å²) in [5.41, 5.74) is 0.518.